The molecule has 0 heterocycles. The Morgan fingerprint density at radius 3 is 0.802 bits per heavy atom. The van der Waals surface area contributed by atoms with Crippen LogP contribution in [-0.4, -0.2) is 37.2 Å². The van der Waals surface area contributed by atoms with Crippen LogP contribution >= 0.6 is 0 Å². The van der Waals surface area contributed by atoms with Crippen molar-refractivity contribution < 1.29 is 28.6 Å². The molecule has 0 radical (unpaired) electrons. The van der Waals surface area contributed by atoms with Gasteiger partial charge in [-0.3, -0.25) is 14.4 Å². The normalized spacial score (nSPS) is 12.7. The van der Waals surface area contributed by atoms with E-state index in [1.54, 1.807) is 0 Å². The van der Waals surface area contributed by atoms with Crippen LogP contribution in [0.25, 0.3) is 0 Å². The number of esters is 3. The highest BCUT2D eigenvalue weighted by atomic mass is 16.6. The molecule has 0 N–H and O–H groups in total. The van der Waals surface area contributed by atoms with Gasteiger partial charge in [0.2, 0.25) is 0 Å². The maximum absolute atomic E-state index is 12.8. The molecule has 6 heteroatoms. The van der Waals surface area contributed by atoms with Gasteiger partial charge in [0.1, 0.15) is 13.2 Å². The van der Waals surface area contributed by atoms with Crippen molar-refractivity contribution in [1.29, 1.82) is 0 Å². The fourth-order valence-electron chi connectivity index (χ4n) is 9.90. The van der Waals surface area contributed by atoms with E-state index in [0.29, 0.717) is 19.3 Å². The Morgan fingerprint density at radius 1 is 0.259 bits per heavy atom. The minimum absolute atomic E-state index is 0.0978. The number of carbonyl (C=O) groups excluding carboxylic acids is 3. The fraction of sp³-hybridized carbons (Fsp3) is 0.747. The molecule has 1 unspecified atom stereocenters. The van der Waals surface area contributed by atoms with Crippen LogP contribution in [0.2, 0.25) is 0 Å². The molecular formula is C75H130O6. The van der Waals surface area contributed by atoms with Gasteiger partial charge in [-0.25, -0.2) is 0 Å². The molecule has 81 heavy (non-hydrogen) atoms. The van der Waals surface area contributed by atoms with Crippen LogP contribution < -0.4 is 0 Å². The smallest absolute Gasteiger partial charge is 0.306 e. The summed E-state index contributed by atoms with van der Waals surface area (Å²) in [6, 6.07) is 0. The molecule has 1 atom stereocenters. The molecule has 0 aromatic carbocycles. The third kappa shape index (κ3) is 67.0. The molecule has 0 fully saturated rings. The predicted molar refractivity (Wildman–Crippen MR) is 353 cm³/mol. The zero-order valence-electron chi connectivity index (χ0n) is 53.5. The van der Waals surface area contributed by atoms with Gasteiger partial charge in [0.15, 0.2) is 6.10 Å². The Kier molecular flexibility index (Phi) is 65.7. The third-order valence-corrected chi connectivity index (χ3v) is 15.1. The van der Waals surface area contributed by atoms with Gasteiger partial charge in [0.05, 0.1) is 0 Å². The number of allylic oxidation sites excluding steroid dienone is 16. The lowest BCUT2D eigenvalue weighted by Gasteiger charge is -2.18. The van der Waals surface area contributed by atoms with E-state index < -0.39 is 6.10 Å². The van der Waals surface area contributed by atoms with Crippen molar-refractivity contribution in [2.24, 2.45) is 0 Å². The Hall–Kier alpha value is -3.67. The van der Waals surface area contributed by atoms with Crippen molar-refractivity contribution in [3.63, 3.8) is 0 Å². The van der Waals surface area contributed by atoms with E-state index in [1.165, 1.54) is 205 Å². The van der Waals surface area contributed by atoms with Gasteiger partial charge in [-0.1, -0.05) is 323 Å². The van der Waals surface area contributed by atoms with Crippen molar-refractivity contribution >= 4 is 17.9 Å². The average Bonchev–Trinajstić information content (AvgIpc) is 3.46. The lowest BCUT2D eigenvalue weighted by Crippen LogP contribution is -2.30. The summed E-state index contributed by atoms with van der Waals surface area (Å²) >= 11 is 0. The van der Waals surface area contributed by atoms with Crippen molar-refractivity contribution in [2.45, 2.75) is 348 Å². The summed E-state index contributed by atoms with van der Waals surface area (Å²) in [5.74, 6) is -0.954. The zero-order chi connectivity index (χ0) is 58.5. The van der Waals surface area contributed by atoms with Crippen LogP contribution in [0.3, 0.4) is 0 Å². The van der Waals surface area contributed by atoms with E-state index in [-0.39, 0.29) is 37.5 Å². The number of ether oxygens (including phenoxy) is 3. The highest BCUT2D eigenvalue weighted by molar-refractivity contribution is 5.71. The highest BCUT2D eigenvalue weighted by Crippen LogP contribution is 2.17. The van der Waals surface area contributed by atoms with E-state index >= 15 is 0 Å². The third-order valence-electron chi connectivity index (χ3n) is 15.1. The first kappa shape index (κ1) is 77.3. The Balaban J connectivity index is 4.09. The first-order chi connectivity index (χ1) is 40.0. The summed E-state index contributed by atoms with van der Waals surface area (Å²) in [6.45, 7) is 6.47. The molecule has 0 aromatic heterocycles. The van der Waals surface area contributed by atoms with Crippen LogP contribution in [-0.2, 0) is 28.6 Å². The second-order valence-electron chi connectivity index (χ2n) is 23.1. The number of unbranched alkanes of at least 4 members (excludes halogenated alkanes) is 36. The maximum Gasteiger partial charge on any atom is 0.306 e. The molecule has 466 valence electrons. The topological polar surface area (TPSA) is 78.9 Å². The summed E-state index contributed by atoms with van der Waals surface area (Å²) < 4.78 is 16.8. The lowest BCUT2D eigenvalue weighted by molar-refractivity contribution is -0.167. The van der Waals surface area contributed by atoms with Gasteiger partial charge >= 0.3 is 17.9 Å². The summed E-state index contributed by atoms with van der Waals surface area (Å²) in [4.78, 5) is 38.1. The molecule has 0 spiro atoms. The van der Waals surface area contributed by atoms with Gasteiger partial charge in [-0.2, -0.15) is 0 Å². The molecule has 0 amide bonds. The van der Waals surface area contributed by atoms with Gasteiger partial charge in [-0.05, 0) is 96.3 Å². The van der Waals surface area contributed by atoms with E-state index in [4.69, 9.17) is 14.2 Å². The number of hydrogen-bond acceptors (Lipinski definition) is 6. The largest absolute Gasteiger partial charge is 0.462 e. The summed E-state index contributed by atoms with van der Waals surface area (Å²) in [5.41, 5.74) is 0. The Labute approximate surface area is 502 Å². The number of rotatable bonds is 63. The molecule has 0 aromatic rings. The summed E-state index contributed by atoms with van der Waals surface area (Å²) in [7, 11) is 0. The van der Waals surface area contributed by atoms with Gasteiger partial charge in [-0.15, -0.1) is 0 Å². The maximum atomic E-state index is 12.8. The minimum atomic E-state index is -0.806. The zero-order valence-corrected chi connectivity index (χ0v) is 53.5. The second kappa shape index (κ2) is 68.8. The van der Waals surface area contributed by atoms with Crippen LogP contribution in [0.4, 0.5) is 0 Å². The molecule has 0 aliphatic carbocycles. The van der Waals surface area contributed by atoms with Crippen LogP contribution in [0.15, 0.2) is 97.2 Å². The van der Waals surface area contributed by atoms with E-state index in [0.717, 1.165) is 89.9 Å². The highest BCUT2D eigenvalue weighted by Gasteiger charge is 2.19. The number of carbonyl (C=O) groups is 3. The first-order valence-electron chi connectivity index (χ1n) is 34.7. The molecule has 0 bridgehead atoms. The standard InChI is InChI=1S/C75H130O6/c1-4-7-10-13-16-18-20-22-24-26-28-30-32-33-34-35-36-37-38-39-40-41-43-44-46-48-50-52-54-56-59-62-65-68-74(77)80-71-72(70-79-73(76)67-64-61-58-15-12-9-6-3)81-75(78)69-66-63-60-57-55-53-51-49-47-45-42-31-29-27-25-23-21-19-17-14-11-8-5-2/h8,11,17,19,23,25-26,28-29,31,45,47,51,53,57,60,72H,4-7,9-10,12-16,18,20-22,24,27,30,32-44,46,48-50,52,54-56,58-59,61-71H2,1-3H3/b11-8-,19-17-,25-23-,28-26-,31-29-,47-45-,53-51-,60-57-. The quantitative estimate of drug-likeness (QED) is 0.0261. The predicted octanol–water partition coefficient (Wildman–Crippen LogP) is 24.0. The fourth-order valence-corrected chi connectivity index (χ4v) is 9.90. The molecular weight excluding hydrogens is 997 g/mol. The Morgan fingerprint density at radius 2 is 0.494 bits per heavy atom. The molecule has 0 rings (SSSR count). The van der Waals surface area contributed by atoms with E-state index in [9.17, 15) is 14.4 Å². The monoisotopic (exact) mass is 1130 g/mol. The first-order valence-corrected chi connectivity index (χ1v) is 34.7. The molecule has 6 nitrogen and oxygen atoms in total. The second-order valence-corrected chi connectivity index (χ2v) is 23.1. The van der Waals surface area contributed by atoms with E-state index in [1.807, 2.05) is 0 Å². The summed E-state index contributed by atoms with van der Waals surface area (Å²) in [5, 5.41) is 0. The van der Waals surface area contributed by atoms with Crippen molar-refractivity contribution in [3.05, 3.63) is 97.2 Å². The Bertz CT molecular complexity index is 1580. The van der Waals surface area contributed by atoms with Gasteiger partial charge in [0, 0.05) is 19.3 Å². The number of hydrogen-bond donors (Lipinski definition) is 0. The average molecular weight is 1130 g/mol. The van der Waals surface area contributed by atoms with Gasteiger partial charge < -0.3 is 14.2 Å². The van der Waals surface area contributed by atoms with Crippen molar-refractivity contribution in [3.8, 4) is 0 Å². The molecule has 0 aliphatic rings. The summed E-state index contributed by atoms with van der Waals surface area (Å²) in [6.07, 6.45) is 93.4. The molecule has 0 saturated heterocycles. The van der Waals surface area contributed by atoms with Gasteiger partial charge in [0.25, 0.3) is 0 Å². The SMILES string of the molecule is CC/C=C\C/C=C\C/C=C\C/C=C\C/C=C\C/C=C\C/C=C\CCCC(=O)OC(COC(=O)CCCCCCCCC)COC(=O)CCCCCCCCCCCCCCCCCCCCCCC/C=C\CCCCCCCCCC. The minimum Gasteiger partial charge on any atom is -0.462 e. The van der Waals surface area contributed by atoms with Crippen molar-refractivity contribution in [1.82, 2.24) is 0 Å². The van der Waals surface area contributed by atoms with Crippen LogP contribution in [0.1, 0.15) is 342 Å². The molecule has 0 saturated carbocycles. The van der Waals surface area contributed by atoms with E-state index in [2.05, 4.69) is 118 Å². The van der Waals surface area contributed by atoms with Crippen LogP contribution in [0, 0.1) is 0 Å². The lowest BCUT2D eigenvalue weighted by atomic mass is 10.0. The van der Waals surface area contributed by atoms with Crippen LogP contribution in [0.5, 0.6) is 0 Å². The molecule has 0 aliphatic heterocycles. The van der Waals surface area contributed by atoms with Crippen molar-refractivity contribution in [2.75, 3.05) is 13.2 Å².